The summed E-state index contributed by atoms with van der Waals surface area (Å²) >= 11 is 1.46. The van der Waals surface area contributed by atoms with E-state index in [9.17, 15) is 4.79 Å². The second-order valence-electron chi connectivity index (χ2n) is 6.10. The molecule has 0 aliphatic rings. The lowest BCUT2D eigenvalue weighted by Gasteiger charge is -2.09. The van der Waals surface area contributed by atoms with Crippen molar-refractivity contribution in [3.63, 3.8) is 0 Å². The first-order valence-electron chi connectivity index (χ1n) is 8.51. The molecule has 0 saturated carbocycles. The number of carbonyl (C=O) groups is 1. The molecule has 0 atom stereocenters. The van der Waals surface area contributed by atoms with Crippen molar-refractivity contribution in [1.29, 1.82) is 0 Å². The quantitative estimate of drug-likeness (QED) is 0.686. The average Bonchev–Trinajstić information content (AvgIpc) is 3.13. The predicted octanol–water partition coefficient (Wildman–Crippen LogP) is 3.96. The van der Waals surface area contributed by atoms with Gasteiger partial charge < -0.3 is 10.1 Å². The number of benzene rings is 1. The van der Waals surface area contributed by atoms with Crippen LogP contribution >= 0.6 is 11.3 Å². The van der Waals surface area contributed by atoms with E-state index in [-0.39, 0.29) is 12.0 Å². The van der Waals surface area contributed by atoms with E-state index in [1.165, 1.54) is 11.3 Å². The van der Waals surface area contributed by atoms with Gasteiger partial charge in [0.15, 0.2) is 0 Å². The molecule has 26 heavy (non-hydrogen) atoms. The minimum atomic E-state index is -0.156. The van der Waals surface area contributed by atoms with E-state index in [1.54, 1.807) is 17.8 Å². The molecule has 2 aromatic heterocycles. The molecule has 3 rings (SSSR count). The number of hydrogen-bond donors (Lipinski definition) is 1. The third-order valence-electron chi connectivity index (χ3n) is 3.63. The highest BCUT2D eigenvalue weighted by Gasteiger charge is 2.11. The molecule has 0 aliphatic heterocycles. The molecule has 0 radical (unpaired) electrons. The van der Waals surface area contributed by atoms with Gasteiger partial charge in [0.1, 0.15) is 16.5 Å². The number of hydrogen-bond acceptors (Lipinski definition) is 5. The molecular weight excluding hydrogens is 346 g/mol. The molecule has 0 bridgehead atoms. The second-order valence-corrected chi connectivity index (χ2v) is 6.95. The number of aromatic nitrogens is 2. The molecule has 0 unspecified atom stereocenters. The Labute approximate surface area is 157 Å². The summed E-state index contributed by atoms with van der Waals surface area (Å²) in [7, 11) is 0. The number of nitrogens with zero attached hydrogens (tertiary/aromatic N) is 2. The maximum absolute atomic E-state index is 12.3. The molecule has 0 saturated heterocycles. The Morgan fingerprint density at radius 1 is 1.23 bits per heavy atom. The summed E-state index contributed by atoms with van der Waals surface area (Å²) in [6.07, 6.45) is 4.43. The van der Waals surface area contributed by atoms with Gasteiger partial charge in [-0.05, 0) is 56.2 Å². The summed E-state index contributed by atoms with van der Waals surface area (Å²) in [6, 6.07) is 11.6. The van der Waals surface area contributed by atoms with Crippen molar-refractivity contribution < 1.29 is 9.53 Å². The fourth-order valence-electron chi connectivity index (χ4n) is 2.42. The number of nitrogens with one attached hydrogen (secondary N) is 1. The van der Waals surface area contributed by atoms with Gasteiger partial charge in [-0.15, -0.1) is 11.3 Å². The third kappa shape index (κ3) is 4.89. The van der Waals surface area contributed by atoms with Gasteiger partial charge in [0.05, 0.1) is 6.10 Å². The van der Waals surface area contributed by atoms with Gasteiger partial charge in [-0.25, -0.2) is 4.98 Å². The van der Waals surface area contributed by atoms with Crippen LogP contribution < -0.4 is 10.1 Å². The van der Waals surface area contributed by atoms with Crippen LogP contribution in [-0.4, -0.2) is 28.5 Å². The Morgan fingerprint density at radius 3 is 2.73 bits per heavy atom. The monoisotopic (exact) mass is 367 g/mol. The van der Waals surface area contributed by atoms with Crippen molar-refractivity contribution in [2.75, 3.05) is 6.54 Å². The van der Waals surface area contributed by atoms with E-state index in [4.69, 9.17) is 4.74 Å². The van der Waals surface area contributed by atoms with E-state index in [1.807, 2.05) is 50.2 Å². The van der Waals surface area contributed by atoms with Gasteiger partial charge in [0.2, 0.25) is 0 Å². The Hall–Kier alpha value is -2.73. The van der Waals surface area contributed by atoms with Gasteiger partial charge in [-0.2, -0.15) is 0 Å². The molecular formula is C20H21N3O2S. The van der Waals surface area contributed by atoms with E-state index >= 15 is 0 Å². The predicted molar refractivity (Wildman–Crippen MR) is 104 cm³/mol. The van der Waals surface area contributed by atoms with Crippen LogP contribution in [0.5, 0.6) is 5.75 Å². The van der Waals surface area contributed by atoms with Crippen LogP contribution in [0, 0.1) is 0 Å². The van der Waals surface area contributed by atoms with Crippen molar-refractivity contribution in [1.82, 2.24) is 15.3 Å². The zero-order valence-electron chi connectivity index (χ0n) is 14.8. The van der Waals surface area contributed by atoms with Gasteiger partial charge in [0.25, 0.3) is 5.91 Å². The number of amides is 1. The van der Waals surface area contributed by atoms with Crippen LogP contribution in [0.2, 0.25) is 0 Å². The lowest BCUT2D eigenvalue weighted by molar-refractivity contribution is 0.0950. The summed E-state index contributed by atoms with van der Waals surface area (Å²) in [5, 5.41) is 5.50. The highest BCUT2D eigenvalue weighted by Crippen LogP contribution is 2.26. The molecule has 0 fully saturated rings. The number of ether oxygens (including phenoxy) is 1. The van der Waals surface area contributed by atoms with Crippen LogP contribution in [0.15, 0.2) is 54.2 Å². The minimum absolute atomic E-state index is 0.141. The van der Waals surface area contributed by atoms with Crippen molar-refractivity contribution in [3.05, 3.63) is 65.4 Å². The largest absolute Gasteiger partial charge is 0.491 e. The number of rotatable bonds is 7. The molecule has 1 aromatic carbocycles. The lowest BCUT2D eigenvalue weighted by Crippen LogP contribution is -2.25. The first-order chi connectivity index (χ1) is 12.6. The number of pyridine rings is 1. The zero-order valence-corrected chi connectivity index (χ0v) is 15.6. The fraction of sp³-hybridized carbons (Fsp3) is 0.250. The van der Waals surface area contributed by atoms with Gasteiger partial charge in [0, 0.05) is 29.9 Å². The number of carbonyl (C=O) groups excluding carboxylic acids is 1. The van der Waals surface area contributed by atoms with E-state index in [0.717, 1.165) is 28.3 Å². The van der Waals surface area contributed by atoms with Crippen molar-refractivity contribution in [3.8, 4) is 16.3 Å². The van der Waals surface area contributed by atoms with E-state index in [2.05, 4.69) is 15.3 Å². The second kappa shape index (κ2) is 8.58. The average molecular weight is 367 g/mol. The Kier molecular flexibility index (Phi) is 5.96. The molecule has 0 spiro atoms. The maximum Gasteiger partial charge on any atom is 0.270 e. The molecule has 3 aromatic rings. The van der Waals surface area contributed by atoms with Crippen molar-refractivity contribution >= 4 is 17.2 Å². The van der Waals surface area contributed by atoms with Gasteiger partial charge in [-0.1, -0.05) is 6.07 Å². The summed E-state index contributed by atoms with van der Waals surface area (Å²) in [5.41, 5.74) is 2.51. The van der Waals surface area contributed by atoms with Crippen LogP contribution in [0.25, 0.3) is 10.6 Å². The Morgan fingerprint density at radius 2 is 2.04 bits per heavy atom. The first-order valence-corrected chi connectivity index (χ1v) is 9.39. The fourth-order valence-corrected chi connectivity index (χ4v) is 3.22. The van der Waals surface area contributed by atoms with Crippen molar-refractivity contribution in [2.24, 2.45) is 0 Å². The first kappa shape index (κ1) is 18.1. The summed E-state index contributed by atoms with van der Waals surface area (Å²) in [5.74, 6) is 0.671. The van der Waals surface area contributed by atoms with Crippen LogP contribution in [0.4, 0.5) is 0 Å². The smallest absolute Gasteiger partial charge is 0.270 e. The Balaban J connectivity index is 1.57. The van der Waals surface area contributed by atoms with Crippen LogP contribution in [0.3, 0.4) is 0 Å². The highest BCUT2D eigenvalue weighted by molar-refractivity contribution is 7.13. The lowest BCUT2D eigenvalue weighted by atomic mass is 10.2. The summed E-state index contributed by atoms with van der Waals surface area (Å²) in [6.45, 7) is 4.54. The molecule has 1 amide bonds. The normalized spacial score (nSPS) is 10.7. The molecule has 6 heteroatoms. The van der Waals surface area contributed by atoms with E-state index in [0.29, 0.717) is 12.2 Å². The standard InChI is InChI=1S/C20H21N3O2S/c1-14(2)25-17-7-5-16(6-8-17)20-23-18(13-26-20)19(24)22-11-9-15-4-3-10-21-12-15/h3-8,10,12-14H,9,11H2,1-2H3,(H,22,24). The summed E-state index contributed by atoms with van der Waals surface area (Å²) < 4.78 is 5.64. The molecule has 1 N–H and O–H groups in total. The van der Waals surface area contributed by atoms with E-state index < -0.39 is 0 Å². The molecule has 2 heterocycles. The SMILES string of the molecule is CC(C)Oc1ccc(-c2nc(C(=O)NCCc3cccnc3)cs2)cc1. The minimum Gasteiger partial charge on any atom is -0.491 e. The maximum atomic E-state index is 12.3. The van der Waals surface area contributed by atoms with Crippen LogP contribution in [0.1, 0.15) is 29.9 Å². The highest BCUT2D eigenvalue weighted by atomic mass is 32.1. The topological polar surface area (TPSA) is 64.1 Å². The molecule has 134 valence electrons. The molecule has 0 aliphatic carbocycles. The number of thiazole rings is 1. The third-order valence-corrected chi connectivity index (χ3v) is 4.52. The zero-order chi connectivity index (χ0) is 18.4. The molecule has 5 nitrogen and oxygen atoms in total. The van der Waals surface area contributed by atoms with Crippen LogP contribution in [-0.2, 0) is 6.42 Å². The Bertz CT molecular complexity index is 845. The van der Waals surface area contributed by atoms with Gasteiger partial charge in [-0.3, -0.25) is 9.78 Å². The van der Waals surface area contributed by atoms with Crippen molar-refractivity contribution in [2.45, 2.75) is 26.4 Å². The summed E-state index contributed by atoms with van der Waals surface area (Å²) in [4.78, 5) is 20.8. The van der Waals surface area contributed by atoms with Gasteiger partial charge >= 0.3 is 0 Å².